The van der Waals surface area contributed by atoms with Crippen molar-refractivity contribution >= 4 is 63.6 Å². The van der Waals surface area contributed by atoms with Crippen LogP contribution in [0.3, 0.4) is 0 Å². The molecule has 2 aliphatic rings. The Labute approximate surface area is 427 Å². The standard InChI is InChI=1S/C51H64ClN9O8S2/c1-9-38(43-46-59-58-32(5)61(46)50-41(29(2)31(4)71-50)42(57-43)34-14-16-36(52)17-15-34)47(64)53-18-19-67-20-21-68-22-23-69-27-40(63)56-45(51(6,7)8)49(66)60-26-37(62)24-39(60)48(65)54-25-33-10-12-35(13-11-33)44-30(3)55-28-70-44/h10-17,28,37-39,43,45,62H,9,18-27H2,1-8H3,(H,53,64)(H,54,65)(H,56,63)/t37-,38?,39+,43?,45-/m1/s1. The first-order chi connectivity index (χ1) is 34.0. The molecule has 5 aromatic rings. The maximum absolute atomic E-state index is 14.0. The van der Waals surface area contributed by atoms with E-state index in [1.165, 1.54) is 4.90 Å². The van der Waals surface area contributed by atoms with E-state index in [0.717, 1.165) is 59.8 Å². The zero-order valence-corrected chi connectivity index (χ0v) is 43.9. The van der Waals surface area contributed by atoms with E-state index in [4.69, 9.17) is 30.8 Å². The molecule has 1 saturated heterocycles. The lowest BCUT2D eigenvalue weighted by Gasteiger charge is -2.35. The number of nitrogens with zero attached hydrogens (tertiary/aromatic N) is 6. The number of likely N-dealkylation sites (tertiary alicyclic amines) is 1. The van der Waals surface area contributed by atoms with Crippen molar-refractivity contribution in [2.75, 3.05) is 52.7 Å². The number of aromatic nitrogens is 4. The quantitative estimate of drug-likeness (QED) is 0.0605. The molecule has 5 heterocycles. The molecule has 71 heavy (non-hydrogen) atoms. The highest BCUT2D eigenvalue weighted by Gasteiger charge is 2.45. The number of ether oxygens (including phenoxy) is 3. The van der Waals surface area contributed by atoms with Gasteiger partial charge in [-0.1, -0.05) is 75.7 Å². The van der Waals surface area contributed by atoms with Crippen LogP contribution in [0, 0.1) is 39.0 Å². The fraction of sp³-hybridized carbons (Fsp3) is 0.490. The van der Waals surface area contributed by atoms with E-state index < -0.39 is 47.4 Å². The number of nitrogens with one attached hydrogen (secondary N) is 3. The molecule has 0 aliphatic carbocycles. The van der Waals surface area contributed by atoms with Gasteiger partial charge in [0.1, 0.15) is 35.6 Å². The van der Waals surface area contributed by atoms with Gasteiger partial charge in [-0.2, -0.15) is 0 Å². The van der Waals surface area contributed by atoms with Crippen molar-refractivity contribution in [1.82, 2.24) is 40.6 Å². The molecule has 0 saturated carbocycles. The summed E-state index contributed by atoms with van der Waals surface area (Å²) in [6, 6.07) is 13.0. The number of rotatable bonds is 21. The minimum absolute atomic E-state index is 0.0288. The van der Waals surface area contributed by atoms with Gasteiger partial charge in [-0.3, -0.25) is 28.7 Å². The second kappa shape index (κ2) is 23.9. The van der Waals surface area contributed by atoms with Crippen molar-refractivity contribution in [1.29, 1.82) is 0 Å². The number of hydrogen-bond donors (Lipinski definition) is 4. The van der Waals surface area contributed by atoms with Crippen molar-refractivity contribution in [3.63, 3.8) is 0 Å². The number of fused-ring (bicyclic) bond motifs is 3. The number of aliphatic hydroxyl groups excluding tert-OH is 1. The van der Waals surface area contributed by atoms with Gasteiger partial charge in [-0.25, -0.2) is 4.98 Å². The number of carbonyl (C=O) groups excluding carboxylic acids is 4. The number of thiophene rings is 1. The molecule has 380 valence electrons. The maximum atomic E-state index is 14.0. The smallest absolute Gasteiger partial charge is 0.246 e. The number of aliphatic imine (C=N–C) groups is 1. The Morgan fingerprint density at radius 3 is 2.24 bits per heavy atom. The lowest BCUT2D eigenvalue weighted by atomic mass is 9.85. The minimum Gasteiger partial charge on any atom is -0.391 e. The van der Waals surface area contributed by atoms with E-state index in [1.54, 1.807) is 22.7 Å². The predicted octanol–water partition coefficient (Wildman–Crippen LogP) is 6.23. The van der Waals surface area contributed by atoms with E-state index >= 15 is 0 Å². The lowest BCUT2D eigenvalue weighted by molar-refractivity contribution is -0.144. The Kier molecular flexibility index (Phi) is 18.0. The van der Waals surface area contributed by atoms with Crippen LogP contribution in [0.15, 0.2) is 59.0 Å². The maximum Gasteiger partial charge on any atom is 0.246 e. The second-order valence-corrected chi connectivity index (χ2v) is 21.4. The van der Waals surface area contributed by atoms with E-state index in [1.807, 2.05) is 100 Å². The molecular formula is C51H64ClN9O8S2. The molecule has 3 aromatic heterocycles. The Morgan fingerprint density at radius 1 is 0.901 bits per heavy atom. The summed E-state index contributed by atoms with van der Waals surface area (Å²) in [4.78, 5) is 67.6. The van der Waals surface area contributed by atoms with Crippen LogP contribution in [-0.2, 0) is 39.9 Å². The summed E-state index contributed by atoms with van der Waals surface area (Å²) in [6.45, 7) is 16.8. The molecule has 1 fully saturated rings. The van der Waals surface area contributed by atoms with Crippen molar-refractivity contribution in [2.45, 2.75) is 99.0 Å². The number of amides is 4. The molecule has 0 spiro atoms. The van der Waals surface area contributed by atoms with Crippen molar-refractivity contribution in [2.24, 2.45) is 16.3 Å². The number of aliphatic hydroxyl groups is 1. The van der Waals surface area contributed by atoms with E-state index in [0.29, 0.717) is 17.3 Å². The monoisotopic (exact) mass is 1030 g/mol. The third-order valence-electron chi connectivity index (χ3n) is 12.7. The number of carbonyl (C=O) groups is 4. The van der Waals surface area contributed by atoms with Crippen LogP contribution in [0.4, 0.5) is 0 Å². The highest BCUT2D eigenvalue weighted by molar-refractivity contribution is 7.15. The number of benzene rings is 2. The van der Waals surface area contributed by atoms with Crippen LogP contribution in [0.5, 0.6) is 0 Å². The van der Waals surface area contributed by atoms with Gasteiger partial charge in [0.15, 0.2) is 5.82 Å². The zero-order valence-electron chi connectivity index (χ0n) is 41.5. The molecule has 5 atom stereocenters. The molecular weight excluding hydrogens is 966 g/mol. The second-order valence-electron chi connectivity index (χ2n) is 18.9. The Morgan fingerprint density at radius 2 is 1.58 bits per heavy atom. The van der Waals surface area contributed by atoms with Crippen molar-refractivity contribution in [3.8, 4) is 15.4 Å². The summed E-state index contributed by atoms with van der Waals surface area (Å²) in [6.07, 6.45) is -0.289. The number of β-amino-alcohol motifs (C(OH)–C–C–N with tert-alkyl or cyclic N) is 1. The van der Waals surface area contributed by atoms with Crippen LogP contribution in [-0.4, -0.2) is 130 Å². The minimum atomic E-state index is -0.985. The number of hydrogen-bond acceptors (Lipinski definition) is 14. The molecule has 2 aromatic carbocycles. The Hall–Kier alpha value is -5.41. The normalized spacial score (nSPS) is 17.5. The Bertz CT molecular complexity index is 2700. The van der Waals surface area contributed by atoms with Crippen molar-refractivity contribution in [3.05, 3.63) is 104 Å². The summed E-state index contributed by atoms with van der Waals surface area (Å²) in [5, 5.41) is 29.9. The van der Waals surface area contributed by atoms with E-state index in [2.05, 4.69) is 45.0 Å². The number of thiazole rings is 1. The van der Waals surface area contributed by atoms with Crippen LogP contribution in [0.25, 0.3) is 15.4 Å². The van der Waals surface area contributed by atoms with Crippen LogP contribution >= 0.6 is 34.3 Å². The van der Waals surface area contributed by atoms with Crippen LogP contribution in [0.1, 0.15) is 91.1 Å². The van der Waals surface area contributed by atoms with Gasteiger partial charge >= 0.3 is 0 Å². The van der Waals surface area contributed by atoms with Crippen LogP contribution < -0.4 is 16.0 Å². The molecule has 0 radical (unpaired) electrons. The first kappa shape index (κ1) is 53.4. The van der Waals surface area contributed by atoms with Crippen molar-refractivity contribution < 1.29 is 38.5 Å². The summed E-state index contributed by atoms with van der Waals surface area (Å²) in [5.74, 6) is -0.708. The Balaban J connectivity index is 0.818. The number of aryl methyl sites for hydroxylation is 3. The average Bonchev–Trinajstić information content (AvgIpc) is 4.11. The topological polar surface area (TPSA) is 211 Å². The summed E-state index contributed by atoms with van der Waals surface area (Å²) in [7, 11) is 0. The predicted molar refractivity (Wildman–Crippen MR) is 274 cm³/mol. The average molecular weight is 1030 g/mol. The molecule has 20 heteroatoms. The van der Waals surface area contributed by atoms with Gasteiger partial charge in [0.2, 0.25) is 23.6 Å². The van der Waals surface area contributed by atoms with Gasteiger partial charge in [0.25, 0.3) is 0 Å². The van der Waals surface area contributed by atoms with Gasteiger partial charge in [0, 0.05) is 47.1 Å². The van der Waals surface area contributed by atoms with Gasteiger partial charge in [-0.15, -0.1) is 32.9 Å². The molecule has 17 nitrogen and oxygen atoms in total. The highest BCUT2D eigenvalue weighted by Crippen LogP contribution is 2.41. The third kappa shape index (κ3) is 12.8. The van der Waals surface area contributed by atoms with Crippen LogP contribution in [0.2, 0.25) is 5.02 Å². The molecule has 4 N–H and O–H groups in total. The van der Waals surface area contributed by atoms with Gasteiger partial charge in [0.05, 0.1) is 66.8 Å². The summed E-state index contributed by atoms with van der Waals surface area (Å²) < 4.78 is 19.0. The summed E-state index contributed by atoms with van der Waals surface area (Å²) >= 11 is 9.50. The molecule has 2 unspecified atom stereocenters. The van der Waals surface area contributed by atoms with Gasteiger partial charge in [-0.05, 0) is 68.4 Å². The lowest BCUT2D eigenvalue weighted by Crippen LogP contribution is -2.58. The third-order valence-corrected chi connectivity index (χ3v) is 15.1. The fourth-order valence-electron chi connectivity index (χ4n) is 8.74. The first-order valence-electron chi connectivity index (χ1n) is 23.9. The highest BCUT2D eigenvalue weighted by atomic mass is 35.5. The van der Waals surface area contributed by atoms with Gasteiger partial charge < -0.3 is 40.2 Å². The first-order valence-corrected chi connectivity index (χ1v) is 26.0. The number of halogens is 1. The SMILES string of the molecule is CCC(C(=O)NCCOCCOCCOCC(=O)N[C@H](C(=O)N1C[C@H](O)C[C@H]1C(=O)NCc1ccc(-c2scnc2C)cc1)C(C)(C)C)C1N=C(c2ccc(Cl)cc2)c2c(sc(C)c2C)-n2c(C)nnc21. The largest absolute Gasteiger partial charge is 0.391 e. The zero-order chi connectivity index (χ0) is 51.0. The molecule has 0 bridgehead atoms. The fourth-order valence-corrected chi connectivity index (χ4v) is 10.9. The summed E-state index contributed by atoms with van der Waals surface area (Å²) in [5.41, 5.74) is 7.78. The molecule has 7 rings (SSSR count). The molecule has 2 aliphatic heterocycles. The van der Waals surface area contributed by atoms with E-state index in [9.17, 15) is 24.3 Å². The molecule has 4 amide bonds. The van der Waals surface area contributed by atoms with E-state index in [-0.39, 0.29) is 77.5 Å².